The van der Waals surface area contributed by atoms with Crippen LogP contribution in [0.5, 0.6) is 0 Å². The summed E-state index contributed by atoms with van der Waals surface area (Å²) in [5, 5.41) is 8.67. The maximum atomic E-state index is 13.2. The van der Waals surface area contributed by atoms with Crippen molar-refractivity contribution in [3.8, 4) is 11.8 Å². The summed E-state index contributed by atoms with van der Waals surface area (Å²) < 4.78 is 40.1. The van der Waals surface area contributed by atoms with Crippen molar-refractivity contribution in [3.63, 3.8) is 0 Å². The largest absolute Gasteiger partial charge is 0.384 e. The molecule has 1 saturated carbocycles. The van der Waals surface area contributed by atoms with E-state index in [0.29, 0.717) is 18.4 Å². The second kappa shape index (κ2) is 5.92. The molecule has 108 valence electrons. The van der Waals surface area contributed by atoms with Gasteiger partial charge in [0.25, 0.3) is 0 Å². The summed E-state index contributed by atoms with van der Waals surface area (Å²) in [5.74, 6) is 5.14. The fraction of sp³-hybridized carbons (Fsp3) is 0.429. The van der Waals surface area contributed by atoms with Gasteiger partial charge >= 0.3 is 0 Å². The summed E-state index contributed by atoms with van der Waals surface area (Å²) in [7, 11) is -3.72. The zero-order valence-corrected chi connectivity index (χ0v) is 11.9. The number of aliphatic hydroxyl groups excluding tert-OH is 1. The van der Waals surface area contributed by atoms with Crippen LogP contribution in [0, 0.1) is 29.5 Å². The monoisotopic (exact) mass is 297 g/mol. The van der Waals surface area contributed by atoms with E-state index in [-0.39, 0.29) is 10.5 Å². The molecule has 0 aromatic heterocycles. The van der Waals surface area contributed by atoms with E-state index in [4.69, 9.17) is 5.11 Å². The van der Waals surface area contributed by atoms with E-state index in [2.05, 4.69) is 23.5 Å². The number of rotatable bonds is 4. The molecule has 2 N–H and O–H groups in total. The lowest BCUT2D eigenvalue weighted by atomic mass is 10.2. The molecule has 1 aromatic carbocycles. The maximum Gasteiger partial charge on any atom is 0.241 e. The van der Waals surface area contributed by atoms with Gasteiger partial charge in [-0.1, -0.05) is 18.8 Å². The molecule has 0 bridgehead atoms. The molecule has 0 aliphatic heterocycles. The summed E-state index contributed by atoms with van der Waals surface area (Å²) in [6.07, 6.45) is 1.02. The molecule has 0 spiro atoms. The Balaban J connectivity index is 2.25. The normalized spacial score (nSPS) is 21.1. The van der Waals surface area contributed by atoms with Crippen LogP contribution in [-0.2, 0) is 10.0 Å². The van der Waals surface area contributed by atoms with Gasteiger partial charge in [0.2, 0.25) is 10.0 Å². The van der Waals surface area contributed by atoms with Crippen molar-refractivity contribution in [2.45, 2.75) is 18.2 Å². The quantitative estimate of drug-likeness (QED) is 0.818. The number of hydrogen-bond donors (Lipinski definition) is 2. The van der Waals surface area contributed by atoms with Crippen LogP contribution < -0.4 is 4.72 Å². The maximum absolute atomic E-state index is 13.2. The van der Waals surface area contributed by atoms with E-state index in [9.17, 15) is 12.8 Å². The molecular weight excluding hydrogens is 281 g/mol. The van der Waals surface area contributed by atoms with Crippen molar-refractivity contribution in [2.24, 2.45) is 11.8 Å². The molecule has 2 atom stereocenters. The topological polar surface area (TPSA) is 66.4 Å². The molecule has 1 aliphatic carbocycles. The second-order valence-corrected chi connectivity index (χ2v) is 6.66. The van der Waals surface area contributed by atoms with Crippen LogP contribution in [0.2, 0.25) is 0 Å². The van der Waals surface area contributed by atoms with Crippen molar-refractivity contribution < 1.29 is 17.9 Å². The third-order valence-electron chi connectivity index (χ3n) is 3.34. The zero-order valence-electron chi connectivity index (χ0n) is 11.1. The molecule has 2 unspecified atom stereocenters. The average molecular weight is 297 g/mol. The Morgan fingerprint density at radius 2 is 2.20 bits per heavy atom. The van der Waals surface area contributed by atoms with Gasteiger partial charge in [-0.3, -0.25) is 0 Å². The summed E-state index contributed by atoms with van der Waals surface area (Å²) in [6, 6.07) is 3.32. The van der Waals surface area contributed by atoms with Crippen molar-refractivity contribution in [3.05, 3.63) is 29.6 Å². The smallest absolute Gasteiger partial charge is 0.241 e. The predicted octanol–water partition coefficient (Wildman–Crippen LogP) is 1.10. The van der Waals surface area contributed by atoms with Gasteiger partial charge in [0.1, 0.15) is 12.4 Å². The molecule has 2 rings (SSSR count). The molecule has 0 amide bonds. The van der Waals surface area contributed by atoms with Gasteiger partial charge in [-0.2, -0.15) is 0 Å². The lowest BCUT2D eigenvalue weighted by Crippen LogP contribution is -2.27. The first-order chi connectivity index (χ1) is 9.44. The van der Waals surface area contributed by atoms with E-state index in [0.717, 1.165) is 18.6 Å². The van der Waals surface area contributed by atoms with Gasteiger partial charge in [0.15, 0.2) is 0 Å². The number of sulfonamides is 1. The highest BCUT2D eigenvalue weighted by molar-refractivity contribution is 7.89. The first-order valence-corrected chi connectivity index (χ1v) is 7.81. The Labute approximate surface area is 118 Å². The molecule has 1 aromatic rings. The molecule has 0 heterocycles. The van der Waals surface area contributed by atoms with Crippen LogP contribution in [0.25, 0.3) is 0 Å². The Bertz CT molecular complexity index is 661. The van der Waals surface area contributed by atoms with Crippen LogP contribution >= 0.6 is 0 Å². The van der Waals surface area contributed by atoms with Crippen LogP contribution in [0.15, 0.2) is 23.1 Å². The van der Waals surface area contributed by atoms with Crippen LogP contribution in [0.3, 0.4) is 0 Å². The van der Waals surface area contributed by atoms with Gasteiger partial charge in [-0.15, -0.1) is 0 Å². The van der Waals surface area contributed by atoms with Crippen LogP contribution in [0.4, 0.5) is 4.39 Å². The molecule has 0 radical (unpaired) electrons. The van der Waals surface area contributed by atoms with E-state index in [1.807, 2.05) is 0 Å². The van der Waals surface area contributed by atoms with E-state index >= 15 is 0 Å². The van der Waals surface area contributed by atoms with E-state index < -0.39 is 22.4 Å². The third-order valence-corrected chi connectivity index (χ3v) is 4.83. The lowest BCUT2D eigenvalue weighted by Gasteiger charge is -2.08. The highest BCUT2D eigenvalue weighted by Gasteiger charge is 2.33. The first-order valence-electron chi connectivity index (χ1n) is 6.33. The standard InChI is InChI=1S/C14H16FNO3S/c1-10-7-12(10)9-16-20(18,19)14-5-4-13(15)8-11(14)3-2-6-17/h4-5,8,10,12,16-17H,6-7,9H2,1H3. The molecule has 1 fully saturated rings. The lowest BCUT2D eigenvalue weighted by molar-refractivity contribution is 0.350. The van der Waals surface area contributed by atoms with Crippen LogP contribution in [-0.4, -0.2) is 26.7 Å². The van der Waals surface area contributed by atoms with Gasteiger partial charge < -0.3 is 5.11 Å². The zero-order chi connectivity index (χ0) is 14.8. The molecule has 1 aliphatic rings. The minimum atomic E-state index is -3.72. The van der Waals surface area contributed by atoms with Gasteiger partial charge in [0.05, 0.1) is 4.90 Å². The minimum absolute atomic E-state index is 0.0513. The van der Waals surface area contributed by atoms with E-state index in [1.54, 1.807) is 0 Å². The molecular formula is C14H16FNO3S. The summed E-state index contributed by atoms with van der Waals surface area (Å²) in [6.45, 7) is 2.03. The molecule has 0 saturated heterocycles. The number of benzene rings is 1. The Kier molecular flexibility index (Phi) is 4.43. The second-order valence-electron chi connectivity index (χ2n) is 4.93. The van der Waals surface area contributed by atoms with Gasteiger partial charge in [-0.25, -0.2) is 17.5 Å². The Hall–Kier alpha value is -1.42. The first kappa shape index (κ1) is 15.0. The Morgan fingerprint density at radius 3 is 2.80 bits per heavy atom. The summed E-state index contributed by atoms with van der Waals surface area (Å²) in [5.41, 5.74) is 0.0513. The number of nitrogens with one attached hydrogen (secondary N) is 1. The predicted molar refractivity (Wildman–Crippen MR) is 72.8 cm³/mol. The van der Waals surface area contributed by atoms with Crippen LogP contribution in [0.1, 0.15) is 18.9 Å². The number of aliphatic hydroxyl groups is 1. The average Bonchev–Trinajstić information content (AvgIpc) is 3.10. The highest BCUT2D eigenvalue weighted by Crippen LogP contribution is 2.37. The SMILES string of the molecule is CC1CC1CNS(=O)(=O)c1ccc(F)cc1C#CCO. The Morgan fingerprint density at radius 1 is 1.50 bits per heavy atom. The number of hydrogen-bond acceptors (Lipinski definition) is 3. The fourth-order valence-corrected chi connectivity index (χ4v) is 3.18. The minimum Gasteiger partial charge on any atom is -0.384 e. The molecule has 4 nitrogen and oxygen atoms in total. The number of halogens is 1. The third kappa shape index (κ3) is 3.57. The van der Waals surface area contributed by atoms with E-state index in [1.165, 1.54) is 6.07 Å². The van der Waals surface area contributed by atoms with Crippen molar-refractivity contribution in [2.75, 3.05) is 13.2 Å². The highest BCUT2D eigenvalue weighted by atomic mass is 32.2. The van der Waals surface area contributed by atoms with Crippen molar-refractivity contribution in [1.29, 1.82) is 0 Å². The molecule has 6 heteroatoms. The van der Waals surface area contributed by atoms with Crippen molar-refractivity contribution in [1.82, 2.24) is 4.72 Å². The fourth-order valence-electron chi connectivity index (χ4n) is 1.95. The van der Waals surface area contributed by atoms with Gasteiger partial charge in [0, 0.05) is 12.1 Å². The van der Waals surface area contributed by atoms with Gasteiger partial charge in [-0.05, 0) is 36.5 Å². The summed E-state index contributed by atoms with van der Waals surface area (Å²) in [4.78, 5) is -0.0619. The molecule has 20 heavy (non-hydrogen) atoms. The summed E-state index contributed by atoms with van der Waals surface area (Å²) >= 11 is 0. The van der Waals surface area contributed by atoms with Crippen molar-refractivity contribution >= 4 is 10.0 Å².